The average Bonchev–Trinajstić information content (AvgIpc) is 3.62. The van der Waals surface area contributed by atoms with E-state index in [-0.39, 0.29) is 17.0 Å². The minimum atomic E-state index is -0.722. The number of nitrogens with zero attached hydrogens (tertiary/aromatic N) is 6. The van der Waals surface area contributed by atoms with Gasteiger partial charge in [-0.3, -0.25) is 0 Å². The van der Waals surface area contributed by atoms with Crippen LogP contribution in [0.2, 0.25) is 0 Å². The molecule has 0 fully saturated rings. The Bertz CT molecular complexity index is 1550. The molecule has 0 atom stereocenters. The molecule has 11 nitrogen and oxygen atoms in total. The largest absolute Gasteiger partial charge is 0.465 e. The lowest BCUT2D eigenvalue weighted by Gasteiger charge is -2.07. The molecule has 0 spiro atoms. The van der Waals surface area contributed by atoms with Crippen molar-refractivity contribution in [2.45, 2.75) is 0 Å². The number of benzene rings is 2. The van der Waals surface area contributed by atoms with E-state index < -0.39 is 11.9 Å². The molecule has 5 rings (SSSR count). The van der Waals surface area contributed by atoms with Gasteiger partial charge in [-0.05, 0) is 42.5 Å². The number of hydrogen-bond acceptors (Lipinski definition) is 9. The van der Waals surface area contributed by atoms with E-state index in [0.29, 0.717) is 28.7 Å². The number of ether oxygens (including phenoxy) is 3. The lowest BCUT2D eigenvalue weighted by Crippen LogP contribution is -2.15. The molecule has 0 amide bonds. The monoisotopic (exact) mass is 496 g/mol. The van der Waals surface area contributed by atoms with Gasteiger partial charge in [0.15, 0.2) is 11.5 Å². The van der Waals surface area contributed by atoms with Gasteiger partial charge in [0.25, 0.3) is 0 Å². The van der Waals surface area contributed by atoms with Gasteiger partial charge in [-0.25, -0.2) is 28.9 Å². The molecule has 0 aliphatic carbocycles. The third kappa shape index (κ3) is 4.65. The molecule has 0 aliphatic rings. The van der Waals surface area contributed by atoms with Crippen molar-refractivity contribution in [2.75, 3.05) is 14.2 Å². The van der Waals surface area contributed by atoms with E-state index in [9.17, 15) is 9.59 Å². The number of rotatable bonds is 7. The first kappa shape index (κ1) is 23.4. The van der Waals surface area contributed by atoms with Crippen LogP contribution in [0, 0.1) is 0 Å². The summed E-state index contributed by atoms with van der Waals surface area (Å²) in [5.74, 6) is -0.0742. The summed E-state index contributed by atoms with van der Waals surface area (Å²) in [5, 5.41) is 8.74. The van der Waals surface area contributed by atoms with Crippen LogP contribution in [0.4, 0.5) is 0 Å². The first-order valence-electron chi connectivity index (χ1n) is 11.0. The Morgan fingerprint density at radius 2 is 1.62 bits per heavy atom. The van der Waals surface area contributed by atoms with Gasteiger partial charge in [-0.2, -0.15) is 10.2 Å². The van der Waals surface area contributed by atoms with Gasteiger partial charge in [-0.15, -0.1) is 0 Å². The number of esters is 2. The number of methoxy groups -OCH3 is 2. The van der Waals surface area contributed by atoms with Crippen LogP contribution in [0.25, 0.3) is 22.8 Å². The fourth-order valence-corrected chi connectivity index (χ4v) is 3.67. The molecule has 0 aliphatic heterocycles. The maximum Gasteiger partial charge on any atom is 0.357 e. The van der Waals surface area contributed by atoms with Crippen LogP contribution in [-0.2, 0) is 9.47 Å². The summed E-state index contributed by atoms with van der Waals surface area (Å²) in [6.07, 6.45) is 4.79. The number of carbonyl (C=O) groups is 2. The Kier molecular flexibility index (Phi) is 6.41. The molecule has 3 aromatic heterocycles. The third-order valence-corrected chi connectivity index (χ3v) is 5.37. The number of para-hydroxylation sites is 1. The lowest BCUT2D eigenvalue weighted by atomic mass is 10.1. The van der Waals surface area contributed by atoms with Crippen LogP contribution in [0.15, 0.2) is 85.5 Å². The molecule has 2 aromatic carbocycles. The second kappa shape index (κ2) is 10.1. The zero-order valence-corrected chi connectivity index (χ0v) is 19.8. The topological polar surface area (TPSA) is 123 Å². The predicted molar refractivity (Wildman–Crippen MR) is 131 cm³/mol. The third-order valence-electron chi connectivity index (χ3n) is 5.37. The van der Waals surface area contributed by atoms with Crippen molar-refractivity contribution in [1.82, 2.24) is 29.5 Å². The summed E-state index contributed by atoms with van der Waals surface area (Å²) in [6.45, 7) is 0. The molecular formula is C26H20N6O5. The number of carbonyl (C=O) groups excluding carboxylic acids is 2. The van der Waals surface area contributed by atoms with Crippen molar-refractivity contribution in [3.05, 3.63) is 96.7 Å². The Balaban J connectivity index is 1.52. The van der Waals surface area contributed by atoms with Crippen molar-refractivity contribution in [1.29, 1.82) is 0 Å². The molecule has 37 heavy (non-hydrogen) atoms. The summed E-state index contributed by atoms with van der Waals surface area (Å²) < 4.78 is 18.8. The molecule has 5 aromatic rings. The fraction of sp³-hybridized carbons (Fsp3) is 0.0769. The number of aromatic nitrogens is 6. The molecule has 0 bridgehead atoms. The standard InChI is InChI=1S/C26H20N6O5/c1-35-25(33)22-23(30-32(24(22)26(34)36-2)18-7-4-3-5-8-18)17-9-11-19(12-10-17)37-21-15-20(27-16-28-21)31-14-6-13-29-31/h3-16H,1-2H3. The van der Waals surface area contributed by atoms with Gasteiger partial charge in [0.2, 0.25) is 5.88 Å². The van der Waals surface area contributed by atoms with Crippen LogP contribution in [0.1, 0.15) is 20.8 Å². The highest BCUT2D eigenvalue weighted by molar-refractivity contribution is 6.06. The predicted octanol–water partition coefficient (Wildman–Crippen LogP) is 3.88. The van der Waals surface area contributed by atoms with E-state index in [1.807, 2.05) is 6.07 Å². The minimum Gasteiger partial charge on any atom is -0.465 e. The van der Waals surface area contributed by atoms with Crippen LogP contribution >= 0.6 is 0 Å². The zero-order chi connectivity index (χ0) is 25.8. The molecular weight excluding hydrogens is 476 g/mol. The molecule has 0 saturated carbocycles. The normalized spacial score (nSPS) is 10.6. The van der Waals surface area contributed by atoms with Gasteiger partial charge in [0, 0.05) is 24.0 Å². The highest BCUT2D eigenvalue weighted by atomic mass is 16.5. The second-order valence-corrected chi connectivity index (χ2v) is 7.59. The summed E-state index contributed by atoms with van der Waals surface area (Å²) in [7, 11) is 2.48. The van der Waals surface area contributed by atoms with Crippen molar-refractivity contribution in [3.63, 3.8) is 0 Å². The maximum atomic E-state index is 12.8. The zero-order valence-electron chi connectivity index (χ0n) is 19.8. The first-order valence-corrected chi connectivity index (χ1v) is 11.0. The molecule has 0 N–H and O–H groups in total. The quantitative estimate of drug-likeness (QED) is 0.309. The Morgan fingerprint density at radius 3 is 2.30 bits per heavy atom. The summed E-state index contributed by atoms with van der Waals surface area (Å²) in [4.78, 5) is 33.9. The molecule has 0 radical (unpaired) electrons. The SMILES string of the molecule is COC(=O)c1c(-c2ccc(Oc3cc(-n4cccn4)ncn3)cc2)nn(-c2ccccc2)c1C(=O)OC. The van der Waals surface area contributed by atoms with Gasteiger partial charge in [0.05, 0.1) is 19.9 Å². The second-order valence-electron chi connectivity index (χ2n) is 7.59. The van der Waals surface area contributed by atoms with E-state index in [2.05, 4.69) is 20.2 Å². The average molecular weight is 496 g/mol. The van der Waals surface area contributed by atoms with E-state index in [1.165, 1.54) is 25.2 Å². The first-order chi connectivity index (χ1) is 18.1. The van der Waals surface area contributed by atoms with E-state index >= 15 is 0 Å². The van der Waals surface area contributed by atoms with Crippen molar-refractivity contribution in [3.8, 4) is 34.4 Å². The van der Waals surface area contributed by atoms with Gasteiger partial charge in [-0.1, -0.05) is 18.2 Å². The lowest BCUT2D eigenvalue weighted by molar-refractivity contribution is 0.0549. The summed E-state index contributed by atoms with van der Waals surface area (Å²) >= 11 is 0. The van der Waals surface area contributed by atoms with Gasteiger partial charge in [0.1, 0.15) is 23.3 Å². The fourth-order valence-electron chi connectivity index (χ4n) is 3.67. The number of hydrogen-bond donors (Lipinski definition) is 0. The van der Waals surface area contributed by atoms with Crippen molar-refractivity contribution in [2.24, 2.45) is 0 Å². The van der Waals surface area contributed by atoms with Crippen molar-refractivity contribution < 1.29 is 23.8 Å². The highest BCUT2D eigenvalue weighted by Gasteiger charge is 2.31. The summed E-state index contributed by atoms with van der Waals surface area (Å²) in [6, 6.07) is 19.2. The van der Waals surface area contributed by atoms with Crippen LogP contribution in [0.5, 0.6) is 11.6 Å². The Labute approximate surface area is 210 Å². The smallest absolute Gasteiger partial charge is 0.357 e. The molecule has 0 saturated heterocycles. The van der Waals surface area contributed by atoms with Crippen molar-refractivity contribution >= 4 is 11.9 Å². The summed E-state index contributed by atoms with van der Waals surface area (Å²) in [5.41, 5.74) is 1.35. The molecule has 11 heteroatoms. The highest BCUT2D eigenvalue weighted by Crippen LogP contribution is 2.31. The molecule has 3 heterocycles. The van der Waals surface area contributed by atoms with Crippen LogP contribution in [0.3, 0.4) is 0 Å². The van der Waals surface area contributed by atoms with Crippen LogP contribution < -0.4 is 4.74 Å². The molecule has 184 valence electrons. The molecule has 0 unspecified atom stereocenters. The minimum absolute atomic E-state index is 0.00784. The van der Waals surface area contributed by atoms with Gasteiger partial charge < -0.3 is 14.2 Å². The van der Waals surface area contributed by atoms with E-state index in [1.54, 1.807) is 77.7 Å². The maximum absolute atomic E-state index is 12.8. The van der Waals surface area contributed by atoms with Gasteiger partial charge >= 0.3 is 11.9 Å². The van der Waals surface area contributed by atoms with E-state index in [0.717, 1.165) is 0 Å². The van der Waals surface area contributed by atoms with E-state index in [4.69, 9.17) is 14.2 Å². The van der Waals surface area contributed by atoms with Crippen LogP contribution in [-0.4, -0.2) is 55.7 Å². The Morgan fingerprint density at radius 1 is 0.865 bits per heavy atom. The Hall–Kier alpha value is -5.32.